The van der Waals surface area contributed by atoms with E-state index in [1.807, 2.05) is 18.2 Å². The summed E-state index contributed by atoms with van der Waals surface area (Å²) in [5.74, 6) is 0.417. The molecule has 2 aromatic rings. The molecule has 0 aliphatic carbocycles. The number of rotatable bonds is 5. The summed E-state index contributed by atoms with van der Waals surface area (Å²) in [7, 11) is 0. The lowest BCUT2D eigenvalue weighted by Gasteiger charge is -2.30. The van der Waals surface area contributed by atoms with Gasteiger partial charge in [0.05, 0.1) is 0 Å². The molecule has 0 spiro atoms. The second-order valence-electron chi connectivity index (χ2n) is 6.35. The van der Waals surface area contributed by atoms with Crippen LogP contribution in [-0.4, -0.2) is 5.11 Å². The molecule has 1 N–H and O–H groups in total. The van der Waals surface area contributed by atoms with Crippen LogP contribution >= 0.6 is 0 Å². The Kier molecular flexibility index (Phi) is 4.72. The predicted octanol–water partition coefficient (Wildman–Crippen LogP) is 5.37. The van der Waals surface area contributed by atoms with E-state index in [0.717, 1.165) is 18.4 Å². The summed E-state index contributed by atoms with van der Waals surface area (Å²) < 4.78 is 0. The van der Waals surface area contributed by atoms with Crippen LogP contribution in [0.5, 0.6) is 5.75 Å². The Morgan fingerprint density at radius 1 is 1.00 bits per heavy atom. The van der Waals surface area contributed by atoms with Gasteiger partial charge in [0.15, 0.2) is 0 Å². The zero-order valence-corrected chi connectivity index (χ0v) is 13.6. The van der Waals surface area contributed by atoms with Gasteiger partial charge in [-0.25, -0.2) is 0 Å². The first kappa shape index (κ1) is 15.6. The van der Waals surface area contributed by atoms with E-state index in [1.165, 1.54) is 23.1 Å². The van der Waals surface area contributed by atoms with Crippen molar-refractivity contribution >= 4 is 0 Å². The maximum atomic E-state index is 10.5. The van der Waals surface area contributed by atoms with Crippen molar-refractivity contribution in [2.24, 2.45) is 0 Å². The summed E-state index contributed by atoms with van der Waals surface area (Å²) in [6, 6.07) is 14.3. The average molecular weight is 282 g/mol. The van der Waals surface area contributed by atoms with E-state index in [4.69, 9.17) is 0 Å². The topological polar surface area (TPSA) is 20.2 Å². The summed E-state index contributed by atoms with van der Waals surface area (Å²) in [4.78, 5) is 0. The molecule has 0 aliphatic heterocycles. The highest BCUT2D eigenvalue weighted by molar-refractivity contribution is 5.52. The normalized spacial score (nSPS) is 11.6. The fraction of sp³-hybridized carbons (Fsp3) is 0.400. The van der Waals surface area contributed by atoms with E-state index < -0.39 is 0 Å². The standard InChI is InChI=1S/C20H26O/c1-5-6-12-17-15(2)13-14-18(21)19(17)20(3,4)16-10-8-7-9-11-16/h7-11,13-14,21H,5-6,12H2,1-4H3. The summed E-state index contributed by atoms with van der Waals surface area (Å²) >= 11 is 0. The maximum absolute atomic E-state index is 10.5. The molecule has 0 aliphatic rings. The van der Waals surface area contributed by atoms with Crippen LogP contribution in [-0.2, 0) is 11.8 Å². The van der Waals surface area contributed by atoms with Gasteiger partial charge in [0.25, 0.3) is 0 Å². The summed E-state index contributed by atoms with van der Waals surface area (Å²) in [6.07, 6.45) is 3.35. The average Bonchev–Trinajstić information content (AvgIpc) is 2.48. The number of phenols is 1. The third kappa shape index (κ3) is 3.12. The highest BCUT2D eigenvalue weighted by atomic mass is 16.3. The number of phenolic OH excluding ortho intramolecular Hbond substituents is 1. The van der Waals surface area contributed by atoms with Crippen molar-refractivity contribution in [3.63, 3.8) is 0 Å². The van der Waals surface area contributed by atoms with Gasteiger partial charge in [-0.2, -0.15) is 0 Å². The first-order valence-corrected chi connectivity index (χ1v) is 7.86. The third-order valence-electron chi connectivity index (χ3n) is 4.43. The van der Waals surface area contributed by atoms with Crippen molar-refractivity contribution in [1.82, 2.24) is 0 Å². The molecule has 0 saturated carbocycles. The van der Waals surface area contributed by atoms with Crippen LogP contribution in [0.3, 0.4) is 0 Å². The third-order valence-corrected chi connectivity index (χ3v) is 4.43. The van der Waals surface area contributed by atoms with Crippen LogP contribution in [0.1, 0.15) is 55.9 Å². The van der Waals surface area contributed by atoms with Crippen LogP contribution < -0.4 is 0 Å². The second-order valence-corrected chi connectivity index (χ2v) is 6.35. The highest BCUT2D eigenvalue weighted by Gasteiger charge is 2.29. The van der Waals surface area contributed by atoms with Gasteiger partial charge in [-0.05, 0) is 42.5 Å². The fourth-order valence-corrected chi connectivity index (χ4v) is 3.11. The first-order chi connectivity index (χ1) is 9.98. The highest BCUT2D eigenvalue weighted by Crippen LogP contribution is 2.40. The van der Waals surface area contributed by atoms with Gasteiger partial charge in [0.1, 0.15) is 5.75 Å². The molecule has 1 nitrogen and oxygen atoms in total. The Morgan fingerprint density at radius 3 is 2.29 bits per heavy atom. The van der Waals surface area contributed by atoms with Gasteiger partial charge in [-0.3, -0.25) is 0 Å². The molecular weight excluding hydrogens is 256 g/mol. The Balaban J connectivity index is 2.58. The van der Waals surface area contributed by atoms with Gasteiger partial charge < -0.3 is 5.11 Å². The molecule has 0 fully saturated rings. The minimum Gasteiger partial charge on any atom is -0.508 e. The van der Waals surface area contributed by atoms with E-state index in [-0.39, 0.29) is 5.41 Å². The zero-order valence-electron chi connectivity index (χ0n) is 13.6. The molecule has 0 heterocycles. The maximum Gasteiger partial charge on any atom is 0.119 e. The molecule has 0 radical (unpaired) electrons. The van der Waals surface area contributed by atoms with Crippen molar-refractivity contribution in [2.75, 3.05) is 0 Å². The Morgan fingerprint density at radius 2 is 1.67 bits per heavy atom. The Hall–Kier alpha value is -1.76. The molecule has 0 aromatic heterocycles. The Bertz CT molecular complexity index is 597. The fourth-order valence-electron chi connectivity index (χ4n) is 3.11. The molecular formula is C20H26O. The summed E-state index contributed by atoms with van der Waals surface area (Å²) in [6.45, 7) is 8.76. The number of hydrogen-bond donors (Lipinski definition) is 1. The molecule has 0 bridgehead atoms. The lowest BCUT2D eigenvalue weighted by Crippen LogP contribution is -2.22. The minimum atomic E-state index is -0.194. The van der Waals surface area contributed by atoms with Crippen molar-refractivity contribution < 1.29 is 5.11 Å². The van der Waals surface area contributed by atoms with Crippen LogP contribution in [0, 0.1) is 6.92 Å². The largest absolute Gasteiger partial charge is 0.508 e. The van der Waals surface area contributed by atoms with Gasteiger partial charge >= 0.3 is 0 Å². The molecule has 0 unspecified atom stereocenters. The van der Waals surface area contributed by atoms with E-state index >= 15 is 0 Å². The zero-order chi connectivity index (χ0) is 15.5. The van der Waals surface area contributed by atoms with Gasteiger partial charge in [0, 0.05) is 11.0 Å². The number of aromatic hydroxyl groups is 1. The van der Waals surface area contributed by atoms with Crippen molar-refractivity contribution in [3.05, 3.63) is 64.7 Å². The monoisotopic (exact) mass is 282 g/mol. The van der Waals surface area contributed by atoms with Crippen molar-refractivity contribution in [1.29, 1.82) is 0 Å². The molecule has 21 heavy (non-hydrogen) atoms. The second kappa shape index (κ2) is 6.34. The van der Waals surface area contributed by atoms with Gasteiger partial charge in [-0.1, -0.05) is 63.6 Å². The van der Waals surface area contributed by atoms with Crippen LogP contribution in [0.2, 0.25) is 0 Å². The van der Waals surface area contributed by atoms with Crippen molar-refractivity contribution in [2.45, 2.75) is 52.4 Å². The van der Waals surface area contributed by atoms with E-state index in [2.05, 4.69) is 52.0 Å². The summed E-state index contributed by atoms with van der Waals surface area (Å²) in [5.41, 5.74) is 4.72. The molecule has 2 aromatic carbocycles. The molecule has 112 valence electrons. The number of benzene rings is 2. The SMILES string of the molecule is CCCCc1c(C)ccc(O)c1C(C)(C)c1ccccc1. The number of aryl methyl sites for hydroxylation is 1. The van der Waals surface area contributed by atoms with Crippen LogP contribution in [0.15, 0.2) is 42.5 Å². The van der Waals surface area contributed by atoms with Gasteiger partial charge in [-0.15, -0.1) is 0 Å². The van der Waals surface area contributed by atoms with Crippen LogP contribution in [0.25, 0.3) is 0 Å². The van der Waals surface area contributed by atoms with E-state index in [9.17, 15) is 5.11 Å². The minimum absolute atomic E-state index is 0.194. The van der Waals surface area contributed by atoms with Crippen molar-refractivity contribution in [3.8, 4) is 5.75 Å². The molecule has 2 rings (SSSR count). The smallest absolute Gasteiger partial charge is 0.119 e. The Labute approximate surface area is 128 Å². The molecule has 0 atom stereocenters. The lowest BCUT2D eigenvalue weighted by atomic mass is 9.74. The van der Waals surface area contributed by atoms with Crippen LogP contribution in [0.4, 0.5) is 0 Å². The number of unbranched alkanes of at least 4 members (excludes halogenated alkanes) is 1. The lowest BCUT2D eigenvalue weighted by molar-refractivity contribution is 0.450. The van der Waals surface area contributed by atoms with Gasteiger partial charge in [0.2, 0.25) is 0 Å². The molecule has 0 saturated heterocycles. The molecule has 1 heteroatoms. The quantitative estimate of drug-likeness (QED) is 0.781. The summed E-state index contributed by atoms with van der Waals surface area (Å²) in [5, 5.41) is 10.5. The molecule has 0 amide bonds. The first-order valence-electron chi connectivity index (χ1n) is 7.86. The van der Waals surface area contributed by atoms with E-state index in [0.29, 0.717) is 5.75 Å². The predicted molar refractivity (Wildman–Crippen MR) is 90.0 cm³/mol. The van der Waals surface area contributed by atoms with E-state index in [1.54, 1.807) is 0 Å². The number of hydrogen-bond acceptors (Lipinski definition) is 1.